The van der Waals surface area contributed by atoms with Gasteiger partial charge >= 0.3 is 0 Å². The topological polar surface area (TPSA) is 0 Å². The van der Waals surface area contributed by atoms with Crippen LogP contribution in [0, 0.1) is 0 Å². The van der Waals surface area contributed by atoms with Gasteiger partial charge in [-0.2, -0.15) is 0 Å². The highest BCUT2D eigenvalue weighted by Crippen LogP contribution is 2.47. The third-order valence-corrected chi connectivity index (χ3v) is 4.40. The van der Waals surface area contributed by atoms with Crippen LogP contribution in [0.3, 0.4) is 0 Å². The summed E-state index contributed by atoms with van der Waals surface area (Å²) in [6.45, 7) is 0. The van der Waals surface area contributed by atoms with Gasteiger partial charge in [0.15, 0.2) is 0 Å². The van der Waals surface area contributed by atoms with Crippen LogP contribution in [0.5, 0.6) is 0 Å². The number of benzene rings is 2. The molecule has 0 radical (unpaired) electrons. The minimum Gasteiger partial charge on any atom is -0.0876 e. The summed E-state index contributed by atoms with van der Waals surface area (Å²) in [6, 6.07) is 18.0. The Balaban J connectivity index is 2.03. The zero-order valence-electron chi connectivity index (χ0n) is 10.3. The summed E-state index contributed by atoms with van der Waals surface area (Å²) in [5.74, 6) is 1.12. The lowest BCUT2D eigenvalue weighted by Crippen LogP contribution is -2.19. The summed E-state index contributed by atoms with van der Waals surface area (Å²) in [5, 5.41) is 0. The number of allylic oxidation sites excluding steroid dienone is 2. The fourth-order valence-corrected chi connectivity index (χ4v) is 3.60. The molecule has 0 fully saturated rings. The molecule has 0 aliphatic heterocycles. The molecule has 88 valence electrons. The van der Waals surface area contributed by atoms with Crippen molar-refractivity contribution >= 4 is 0 Å². The first-order valence-electron chi connectivity index (χ1n) is 6.78. The van der Waals surface area contributed by atoms with Gasteiger partial charge in [0.1, 0.15) is 0 Å². The fraction of sp³-hybridized carbons (Fsp3) is 0.222. The van der Waals surface area contributed by atoms with Crippen LogP contribution < -0.4 is 0 Å². The molecule has 0 N–H and O–H groups in total. The largest absolute Gasteiger partial charge is 0.0876 e. The van der Waals surface area contributed by atoms with E-state index >= 15 is 0 Å². The van der Waals surface area contributed by atoms with Gasteiger partial charge in [-0.15, -0.1) is 0 Å². The maximum absolute atomic E-state index is 2.36. The Bertz CT molecular complexity index is 520. The van der Waals surface area contributed by atoms with E-state index in [1.165, 1.54) is 0 Å². The third-order valence-electron chi connectivity index (χ3n) is 4.40. The van der Waals surface area contributed by atoms with Gasteiger partial charge in [-0.05, 0) is 35.1 Å². The predicted molar refractivity (Wildman–Crippen MR) is 74.9 cm³/mol. The molecule has 2 aromatic carbocycles. The Labute approximate surface area is 108 Å². The van der Waals surface area contributed by atoms with Crippen LogP contribution in [0.15, 0.2) is 60.7 Å². The van der Waals surface area contributed by atoms with Gasteiger partial charge in [0, 0.05) is 11.8 Å². The minimum absolute atomic E-state index is 0.560. The highest BCUT2D eigenvalue weighted by atomic mass is 14.3. The molecule has 0 saturated heterocycles. The van der Waals surface area contributed by atoms with Crippen LogP contribution >= 0.6 is 0 Å². The van der Waals surface area contributed by atoms with Crippen LogP contribution in [-0.2, 0) is 0 Å². The maximum atomic E-state index is 2.36. The lowest BCUT2D eigenvalue weighted by molar-refractivity contribution is 0.682. The molecule has 0 atom stereocenters. The van der Waals surface area contributed by atoms with E-state index in [4.69, 9.17) is 0 Å². The Morgan fingerprint density at radius 2 is 0.889 bits per heavy atom. The molecule has 0 spiro atoms. The van der Waals surface area contributed by atoms with Gasteiger partial charge in [-0.3, -0.25) is 0 Å². The average molecular weight is 232 g/mol. The van der Waals surface area contributed by atoms with E-state index in [9.17, 15) is 0 Å². The van der Waals surface area contributed by atoms with E-state index in [1.54, 1.807) is 22.3 Å². The molecule has 0 saturated carbocycles. The van der Waals surface area contributed by atoms with Crippen molar-refractivity contribution in [3.05, 3.63) is 82.9 Å². The van der Waals surface area contributed by atoms with Crippen molar-refractivity contribution in [2.75, 3.05) is 0 Å². The SMILES string of the molecule is C1=C/CC2c3ccccc3C(C/1)c1ccccc12. The number of rotatable bonds is 0. The van der Waals surface area contributed by atoms with Gasteiger partial charge in [0.25, 0.3) is 0 Å². The quantitative estimate of drug-likeness (QED) is 0.582. The van der Waals surface area contributed by atoms with Crippen molar-refractivity contribution in [2.24, 2.45) is 0 Å². The van der Waals surface area contributed by atoms with Crippen molar-refractivity contribution in [3.8, 4) is 0 Å². The molecule has 0 aromatic heterocycles. The molecule has 3 aliphatic rings. The second-order valence-corrected chi connectivity index (χ2v) is 5.31. The average Bonchev–Trinajstić information content (AvgIpc) is 2.39. The first-order valence-corrected chi connectivity index (χ1v) is 6.78. The Morgan fingerprint density at radius 1 is 0.556 bits per heavy atom. The molecule has 0 amide bonds. The first-order chi connectivity index (χ1) is 8.95. The molecule has 0 heteroatoms. The maximum Gasteiger partial charge on any atom is 0.0130 e. The molecule has 5 rings (SSSR count). The van der Waals surface area contributed by atoms with Crippen molar-refractivity contribution in [1.29, 1.82) is 0 Å². The zero-order valence-corrected chi connectivity index (χ0v) is 10.3. The molecule has 2 aromatic rings. The molecule has 3 aliphatic carbocycles. The van der Waals surface area contributed by atoms with Crippen LogP contribution in [-0.4, -0.2) is 0 Å². The van der Waals surface area contributed by atoms with Crippen LogP contribution in [0.1, 0.15) is 46.9 Å². The van der Waals surface area contributed by atoms with Crippen molar-refractivity contribution in [2.45, 2.75) is 24.7 Å². The standard InChI is InChI=1S/C18H16/c1-2-8-14-13(7-1)17-11-5-6-12-18(14)16-10-4-3-9-15(16)17/h1-10,17-18H,11-12H2/b6-5+. The van der Waals surface area contributed by atoms with Gasteiger partial charge in [0.05, 0.1) is 0 Å². The van der Waals surface area contributed by atoms with E-state index in [1.807, 2.05) is 0 Å². The van der Waals surface area contributed by atoms with E-state index in [-0.39, 0.29) is 0 Å². The zero-order chi connectivity index (χ0) is 11.9. The van der Waals surface area contributed by atoms with E-state index in [0.717, 1.165) is 12.8 Å². The number of hydrogen-bond acceptors (Lipinski definition) is 0. The van der Waals surface area contributed by atoms with Gasteiger partial charge < -0.3 is 0 Å². The monoisotopic (exact) mass is 232 g/mol. The van der Waals surface area contributed by atoms with E-state index in [2.05, 4.69) is 60.7 Å². The summed E-state index contributed by atoms with van der Waals surface area (Å²) < 4.78 is 0. The Kier molecular flexibility index (Phi) is 2.16. The lowest BCUT2D eigenvalue weighted by Gasteiger charge is -2.35. The van der Waals surface area contributed by atoms with Crippen LogP contribution in [0.2, 0.25) is 0 Å². The first kappa shape index (κ1) is 10.1. The Hall–Kier alpha value is -1.82. The fourth-order valence-electron chi connectivity index (χ4n) is 3.60. The summed E-state index contributed by atoms with van der Waals surface area (Å²) in [5.41, 5.74) is 6.19. The second kappa shape index (κ2) is 3.84. The number of fused-ring (bicyclic) bond motifs is 2. The molecule has 0 unspecified atom stereocenters. The minimum atomic E-state index is 0.560. The molecule has 0 nitrogen and oxygen atoms in total. The van der Waals surface area contributed by atoms with E-state index in [0.29, 0.717) is 11.8 Å². The highest BCUT2D eigenvalue weighted by Gasteiger charge is 2.31. The summed E-state index contributed by atoms with van der Waals surface area (Å²) in [7, 11) is 0. The molecule has 0 heterocycles. The van der Waals surface area contributed by atoms with Gasteiger partial charge in [-0.25, -0.2) is 0 Å². The summed E-state index contributed by atoms with van der Waals surface area (Å²) in [6.07, 6.45) is 7.01. The molecular weight excluding hydrogens is 216 g/mol. The Morgan fingerprint density at radius 3 is 1.22 bits per heavy atom. The second-order valence-electron chi connectivity index (χ2n) is 5.31. The van der Waals surface area contributed by atoms with Crippen LogP contribution in [0.25, 0.3) is 0 Å². The molecule has 2 bridgehead atoms. The van der Waals surface area contributed by atoms with E-state index < -0.39 is 0 Å². The number of hydrogen-bond donors (Lipinski definition) is 0. The lowest BCUT2D eigenvalue weighted by atomic mass is 9.69. The third kappa shape index (κ3) is 1.32. The predicted octanol–water partition coefficient (Wildman–Crippen LogP) is 4.61. The van der Waals surface area contributed by atoms with Crippen molar-refractivity contribution in [3.63, 3.8) is 0 Å². The highest BCUT2D eigenvalue weighted by molar-refractivity contribution is 5.53. The van der Waals surface area contributed by atoms with Gasteiger partial charge in [-0.1, -0.05) is 60.7 Å². The molecule has 18 heavy (non-hydrogen) atoms. The molecular formula is C18H16. The van der Waals surface area contributed by atoms with Crippen molar-refractivity contribution < 1.29 is 0 Å². The summed E-state index contributed by atoms with van der Waals surface area (Å²) >= 11 is 0. The van der Waals surface area contributed by atoms with Gasteiger partial charge in [0.2, 0.25) is 0 Å². The van der Waals surface area contributed by atoms with Crippen LogP contribution in [0.4, 0.5) is 0 Å². The smallest absolute Gasteiger partial charge is 0.0130 e. The summed E-state index contributed by atoms with van der Waals surface area (Å²) in [4.78, 5) is 0. The van der Waals surface area contributed by atoms with Crippen molar-refractivity contribution in [1.82, 2.24) is 0 Å². The normalized spacial score (nSPS) is 25.8.